The Morgan fingerprint density at radius 1 is 1.05 bits per heavy atom. The molecule has 0 saturated carbocycles. The van der Waals surface area contributed by atoms with Crippen LogP contribution in [0.1, 0.15) is 11.4 Å². The molecule has 0 amide bonds. The van der Waals surface area contributed by atoms with Gasteiger partial charge < -0.3 is 15.2 Å². The quantitative estimate of drug-likeness (QED) is 0.800. The first-order valence-electron chi connectivity index (χ1n) is 6.72. The summed E-state index contributed by atoms with van der Waals surface area (Å²) in [4.78, 5) is 0. The molecule has 22 heavy (non-hydrogen) atoms. The van der Waals surface area contributed by atoms with Crippen molar-refractivity contribution in [2.75, 3.05) is 20.0 Å². The Morgan fingerprint density at radius 2 is 1.86 bits per heavy atom. The molecule has 0 aliphatic rings. The highest BCUT2D eigenvalue weighted by Gasteiger charge is 2.05. The van der Waals surface area contributed by atoms with Crippen LogP contribution in [0.15, 0.2) is 36.5 Å². The molecule has 2 aromatic heterocycles. The van der Waals surface area contributed by atoms with Gasteiger partial charge in [0.05, 0.1) is 19.9 Å². The smallest absolute Gasteiger partial charge is 0.184 e. The molecule has 112 valence electrons. The number of benzene rings is 1. The molecule has 6 nitrogen and oxygen atoms in total. The van der Waals surface area contributed by atoms with E-state index in [0.29, 0.717) is 28.7 Å². The molecule has 2 heterocycles. The van der Waals surface area contributed by atoms with Crippen LogP contribution in [0.4, 0.5) is 5.69 Å². The van der Waals surface area contributed by atoms with Gasteiger partial charge in [-0.1, -0.05) is 12.1 Å². The molecule has 1 aromatic carbocycles. The second-order valence-corrected chi connectivity index (χ2v) is 4.66. The summed E-state index contributed by atoms with van der Waals surface area (Å²) in [5.41, 5.74) is 8.09. The predicted molar refractivity (Wildman–Crippen MR) is 85.9 cm³/mol. The van der Waals surface area contributed by atoms with E-state index in [9.17, 15) is 0 Å². The minimum Gasteiger partial charge on any atom is -0.493 e. The number of pyridine rings is 1. The number of nitrogens with two attached hydrogens (primary N) is 1. The van der Waals surface area contributed by atoms with Gasteiger partial charge in [0.2, 0.25) is 0 Å². The van der Waals surface area contributed by atoms with E-state index < -0.39 is 0 Å². The van der Waals surface area contributed by atoms with Gasteiger partial charge in [-0.15, -0.1) is 10.2 Å². The Bertz CT molecular complexity index is 839. The van der Waals surface area contributed by atoms with Gasteiger partial charge in [0.1, 0.15) is 0 Å². The summed E-state index contributed by atoms with van der Waals surface area (Å²) in [6.45, 7) is 0. The van der Waals surface area contributed by atoms with Crippen molar-refractivity contribution in [3.05, 3.63) is 47.9 Å². The van der Waals surface area contributed by atoms with E-state index in [-0.39, 0.29) is 0 Å². The van der Waals surface area contributed by atoms with Crippen LogP contribution in [0, 0.1) is 0 Å². The average Bonchev–Trinajstić information content (AvgIpc) is 2.97. The number of anilines is 1. The van der Waals surface area contributed by atoms with Crippen molar-refractivity contribution in [3.63, 3.8) is 0 Å². The van der Waals surface area contributed by atoms with Crippen molar-refractivity contribution in [3.8, 4) is 11.5 Å². The van der Waals surface area contributed by atoms with Crippen LogP contribution in [-0.2, 0) is 0 Å². The van der Waals surface area contributed by atoms with Crippen LogP contribution in [0.25, 0.3) is 17.8 Å². The van der Waals surface area contributed by atoms with Crippen molar-refractivity contribution in [1.29, 1.82) is 0 Å². The molecule has 0 saturated heterocycles. The zero-order valence-corrected chi connectivity index (χ0v) is 12.4. The molecule has 0 fully saturated rings. The summed E-state index contributed by atoms with van der Waals surface area (Å²) in [6.07, 6.45) is 5.68. The Morgan fingerprint density at radius 3 is 2.64 bits per heavy atom. The van der Waals surface area contributed by atoms with Crippen molar-refractivity contribution in [1.82, 2.24) is 14.6 Å². The van der Waals surface area contributed by atoms with Crippen molar-refractivity contribution >= 4 is 23.5 Å². The number of nitrogens with zero attached hydrogens (tertiary/aromatic N) is 3. The van der Waals surface area contributed by atoms with E-state index >= 15 is 0 Å². The number of fused-ring (bicyclic) bond motifs is 1. The third kappa shape index (κ3) is 2.46. The largest absolute Gasteiger partial charge is 0.493 e. The van der Waals surface area contributed by atoms with Crippen LogP contribution in [-0.4, -0.2) is 28.8 Å². The number of aromatic nitrogens is 3. The maximum absolute atomic E-state index is 5.87. The number of nitrogen functional groups attached to an aromatic ring is 1. The highest BCUT2D eigenvalue weighted by molar-refractivity contribution is 5.71. The van der Waals surface area contributed by atoms with Gasteiger partial charge in [0.25, 0.3) is 0 Å². The van der Waals surface area contributed by atoms with E-state index in [2.05, 4.69) is 10.2 Å². The molecule has 2 N–H and O–H groups in total. The fourth-order valence-corrected chi connectivity index (χ4v) is 2.20. The third-order valence-corrected chi connectivity index (χ3v) is 3.32. The van der Waals surface area contributed by atoms with Gasteiger partial charge in [0.15, 0.2) is 23.0 Å². The SMILES string of the molecule is COc1ccc(/C=C/c2nnc3c(N)cccn23)cc1OC. The molecule has 0 aliphatic carbocycles. The molecule has 6 heteroatoms. The van der Waals surface area contributed by atoms with E-state index in [4.69, 9.17) is 15.2 Å². The van der Waals surface area contributed by atoms with Crippen molar-refractivity contribution < 1.29 is 9.47 Å². The lowest BCUT2D eigenvalue weighted by Gasteiger charge is -2.07. The Kier molecular flexibility index (Phi) is 3.65. The molecule has 3 aromatic rings. The highest BCUT2D eigenvalue weighted by atomic mass is 16.5. The molecule has 3 rings (SSSR count). The molecular formula is C16H16N4O2. The summed E-state index contributed by atoms with van der Waals surface area (Å²) in [5, 5.41) is 8.22. The molecule has 0 radical (unpaired) electrons. The first-order chi connectivity index (χ1) is 10.7. The number of methoxy groups -OCH3 is 2. The zero-order valence-electron chi connectivity index (χ0n) is 12.4. The van der Waals surface area contributed by atoms with E-state index in [1.165, 1.54) is 0 Å². The maximum atomic E-state index is 5.87. The summed E-state index contributed by atoms with van der Waals surface area (Å²) in [6, 6.07) is 9.35. The molecule has 0 atom stereocenters. The van der Waals surface area contributed by atoms with Crippen molar-refractivity contribution in [2.24, 2.45) is 0 Å². The van der Waals surface area contributed by atoms with Crippen LogP contribution in [0.5, 0.6) is 11.5 Å². The second-order valence-electron chi connectivity index (χ2n) is 4.66. The Balaban J connectivity index is 1.94. The van der Waals surface area contributed by atoms with E-state index in [1.54, 1.807) is 20.3 Å². The van der Waals surface area contributed by atoms with Crippen molar-refractivity contribution in [2.45, 2.75) is 0 Å². The lowest BCUT2D eigenvalue weighted by molar-refractivity contribution is 0.355. The van der Waals surface area contributed by atoms with Crippen LogP contribution >= 0.6 is 0 Å². The lowest BCUT2D eigenvalue weighted by atomic mass is 10.2. The van der Waals surface area contributed by atoms with Gasteiger partial charge in [-0.05, 0) is 35.9 Å². The Hall–Kier alpha value is -3.02. The molecule has 0 spiro atoms. The average molecular weight is 296 g/mol. The molecule has 0 unspecified atom stereocenters. The molecule has 0 bridgehead atoms. The molecular weight excluding hydrogens is 280 g/mol. The fraction of sp³-hybridized carbons (Fsp3) is 0.125. The van der Waals surface area contributed by atoms with Gasteiger partial charge >= 0.3 is 0 Å². The van der Waals surface area contributed by atoms with Gasteiger partial charge in [-0.25, -0.2) is 0 Å². The van der Waals surface area contributed by atoms with Crippen LogP contribution in [0.3, 0.4) is 0 Å². The van der Waals surface area contributed by atoms with Gasteiger partial charge in [-0.3, -0.25) is 4.40 Å². The van der Waals surface area contributed by atoms with Crippen LogP contribution < -0.4 is 15.2 Å². The highest BCUT2D eigenvalue weighted by Crippen LogP contribution is 2.28. The normalized spacial score (nSPS) is 11.2. The number of hydrogen-bond donors (Lipinski definition) is 1. The summed E-state index contributed by atoms with van der Waals surface area (Å²) < 4.78 is 12.4. The van der Waals surface area contributed by atoms with E-state index in [0.717, 1.165) is 5.56 Å². The fourth-order valence-electron chi connectivity index (χ4n) is 2.20. The number of rotatable bonds is 4. The maximum Gasteiger partial charge on any atom is 0.184 e. The third-order valence-electron chi connectivity index (χ3n) is 3.32. The van der Waals surface area contributed by atoms with E-state index in [1.807, 2.05) is 47.0 Å². The van der Waals surface area contributed by atoms with Gasteiger partial charge in [0, 0.05) is 6.20 Å². The lowest BCUT2D eigenvalue weighted by Crippen LogP contribution is -1.93. The minimum atomic E-state index is 0.598. The number of ether oxygens (including phenoxy) is 2. The monoisotopic (exact) mass is 296 g/mol. The topological polar surface area (TPSA) is 74.7 Å². The first kappa shape index (κ1) is 13.9. The number of hydrogen-bond acceptors (Lipinski definition) is 5. The minimum absolute atomic E-state index is 0.598. The molecule has 0 aliphatic heterocycles. The first-order valence-corrected chi connectivity index (χ1v) is 6.72. The summed E-state index contributed by atoms with van der Waals surface area (Å²) in [7, 11) is 3.22. The summed E-state index contributed by atoms with van der Waals surface area (Å²) in [5.74, 6) is 2.08. The second kappa shape index (κ2) is 5.77. The zero-order chi connectivity index (χ0) is 15.5. The summed E-state index contributed by atoms with van der Waals surface area (Å²) >= 11 is 0. The standard InChI is InChI=1S/C16H16N4O2/c1-21-13-7-5-11(10-14(13)22-2)6-8-15-18-19-16-12(17)4-3-9-20(15)16/h3-10H,17H2,1-2H3/b8-6+. The predicted octanol–water partition coefficient (Wildman–Crippen LogP) is 2.50. The van der Waals surface area contributed by atoms with Gasteiger partial charge in [-0.2, -0.15) is 0 Å². The van der Waals surface area contributed by atoms with Crippen LogP contribution in [0.2, 0.25) is 0 Å². The Labute approximate surface area is 127 Å².